The first kappa shape index (κ1) is 11.9. The molecule has 1 aromatic rings. The third-order valence-electron chi connectivity index (χ3n) is 2.80. The van der Waals surface area contributed by atoms with Crippen LogP contribution in [-0.4, -0.2) is 49.3 Å². The summed E-state index contributed by atoms with van der Waals surface area (Å²) in [6.45, 7) is 5.48. The molecular formula is C11H19N5O. The summed E-state index contributed by atoms with van der Waals surface area (Å²) < 4.78 is 5.29. The molecule has 6 heteroatoms. The van der Waals surface area contributed by atoms with Crippen molar-refractivity contribution in [3.8, 4) is 0 Å². The van der Waals surface area contributed by atoms with Crippen molar-refractivity contribution >= 4 is 17.3 Å². The molecule has 1 fully saturated rings. The molecule has 0 spiro atoms. The van der Waals surface area contributed by atoms with Crippen LogP contribution in [-0.2, 0) is 4.74 Å². The standard InChI is InChI=1S/C11H19N5O/c12-9-1-2-10(15-11(9)13)14-3-4-16-5-7-17-8-6-16/h1-2H,3-8,12H2,(H3,13,14,15). The smallest absolute Gasteiger partial charge is 0.149 e. The van der Waals surface area contributed by atoms with Crippen LogP contribution >= 0.6 is 0 Å². The van der Waals surface area contributed by atoms with Gasteiger partial charge in [0.1, 0.15) is 11.6 Å². The van der Waals surface area contributed by atoms with E-state index in [4.69, 9.17) is 16.2 Å². The minimum absolute atomic E-state index is 0.376. The van der Waals surface area contributed by atoms with Gasteiger partial charge in [-0.1, -0.05) is 0 Å². The molecule has 0 aliphatic carbocycles. The van der Waals surface area contributed by atoms with Crippen molar-refractivity contribution < 1.29 is 4.74 Å². The maximum Gasteiger partial charge on any atom is 0.149 e. The van der Waals surface area contributed by atoms with Gasteiger partial charge in [0, 0.05) is 26.2 Å². The van der Waals surface area contributed by atoms with Crippen LogP contribution in [0.25, 0.3) is 0 Å². The highest BCUT2D eigenvalue weighted by molar-refractivity contribution is 5.61. The second-order valence-electron chi connectivity index (χ2n) is 4.05. The Morgan fingerprint density at radius 1 is 1.29 bits per heavy atom. The minimum atomic E-state index is 0.376. The van der Waals surface area contributed by atoms with Crippen LogP contribution in [0.5, 0.6) is 0 Å². The third-order valence-corrected chi connectivity index (χ3v) is 2.80. The van der Waals surface area contributed by atoms with Crippen LogP contribution in [0.15, 0.2) is 12.1 Å². The number of nitrogens with zero attached hydrogens (tertiary/aromatic N) is 2. The van der Waals surface area contributed by atoms with Crippen LogP contribution < -0.4 is 16.8 Å². The summed E-state index contributed by atoms with van der Waals surface area (Å²) in [6.07, 6.45) is 0. The summed E-state index contributed by atoms with van der Waals surface area (Å²) in [6, 6.07) is 3.60. The normalized spacial score (nSPS) is 16.9. The molecule has 0 saturated carbocycles. The average Bonchev–Trinajstić information content (AvgIpc) is 2.35. The van der Waals surface area contributed by atoms with Gasteiger partial charge in [-0.25, -0.2) is 4.98 Å². The van der Waals surface area contributed by atoms with E-state index >= 15 is 0 Å². The lowest BCUT2D eigenvalue weighted by Gasteiger charge is -2.26. The van der Waals surface area contributed by atoms with Gasteiger partial charge in [-0.15, -0.1) is 0 Å². The molecule has 17 heavy (non-hydrogen) atoms. The molecule has 94 valence electrons. The fraction of sp³-hybridized carbons (Fsp3) is 0.545. The second kappa shape index (κ2) is 5.70. The van der Waals surface area contributed by atoms with Gasteiger partial charge >= 0.3 is 0 Å². The maximum atomic E-state index is 5.63. The van der Waals surface area contributed by atoms with Crippen molar-refractivity contribution in [2.24, 2.45) is 0 Å². The molecule has 2 heterocycles. The van der Waals surface area contributed by atoms with Gasteiger partial charge in [0.05, 0.1) is 18.9 Å². The lowest BCUT2D eigenvalue weighted by atomic mass is 10.3. The summed E-state index contributed by atoms with van der Waals surface area (Å²) >= 11 is 0. The molecular weight excluding hydrogens is 218 g/mol. The van der Waals surface area contributed by atoms with Gasteiger partial charge in [0.2, 0.25) is 0 Å². The van der Waals surface area contributed by atoms with Crippen LogP contribution in [0.3, 0.4) is 0 Å². The Bertz CT molecular complexity index is 365. The van der Waals surface area contributed by atoms with E-state index in [0.29, 0.717) is 11.5 Å². The fourth-order valence-electron chi connectivity index (χ4n) is 1.75. The zero-order valence-electron chi connectivity index (χ0n) is 9.85. The zero-order valence-corrected chi connectivity index (χ0v) is 9.85. The molecule has 1 saturated heterocycles. The molecule has 0 unspecified atom stereocenters. The molecule has 2 rings (SSSR count). The Balaban J connectivity index is 1.75. The Hall–Kier alpha value is -1.53. The van der Waals surface area contributed by atoms with E-state index in [1.165, 1.54) is 0 Å². The number of ether oxygens (including phenoxy) is 1. The number of nitrogen functional groups attached to an aromatic ring is 2. The molecule has 0 atom stereocenters. The van der Waals surface area contributed by atoms with Gasteiger partial charge < -0.3 is 21.5 Å². The number of aromatic nitrogens is 1. The van der Waals surface area contributed by atoms with E-state index < -0.39 is 0 Å². The summed E-state index contributed by atoms with van der Waals surface area (Å²) in [4.78, 5) is 6.51. The predicted octanol–water partition coefficient (Wildman–Crippen LogP) is -0.00990. The summed E-state index contributed by atoms with van der Waals surface area (Å²) in [7, 11) is 0. The minimum Gasteiger partial charge on any atom is -0.396 e. The lowest BCUT2D eigenvalue weighted by molar-refractivity contribution is 0.0398. The molecule has 6 nitrogen and oxygen atoms in total. The Kier molecular flexibility index (Phi) is 4.00. The van der Waals surface area contributed by atoms with E-state index in [2.05, 4.69) is 15.2 Å². The van der Waals surface area contributed by atoms with E-state index in [9.17, 15) is 0 Å². The number of morpholine rings is 1. The Morgan fingerprint density at radius 3 is 2.76 bits per heavy atom. The second-order valence-corrected chi connectivity index (χ2v) is 4.05. The lowest BCUT2D eigenvalue weighted by Crippen LogP contribution is -2.39. The van der Waals surface area contributed by atoms with Crippen LogP contribution in [0.1, 0.15) is 0 Å². The number of nitrogens with one attached hydrogen (secondary N) is 1. The van der Waals surface area contributed by atoms with Crippen molar-refractivity contribution in [1.82, 2.24) is 9.88 Å². The molecule has 1 aliphatic rings. The number of pyridine rings is 1. The fourth-order valence-corrected chi connectivity index (χ4v) is 1.75. The highest BCUT2D eigenvalue weighted by Gasteiger charge is 2.09. The summed E-state index contributed by atoms with van der Waals surface area (Å²) in [5.41, 5.74) is 11.7. The van der Waals surface area contributed by atoms with E-state index in [1.807, 2.05) is 6.07 Å². The number of hydrogen-bond donors (Lipinski definition) is 3. The molecule has 0 radical (unpaired) electrons. The largest absolute Gasteiger partial charge is 0.396 e. The SMILES string of the molecule is Nc1ccc(NCCN2CCOCC2)nc1N. The highest BCUT2D eigenvalue weighted by atomic mass is 16.5. The first-order valence-corrected chi connectivity index (χ1v) is 5.81. The van der Waals surface area contributed by atoms with Crippen LogP contribution in [0.2, 0.25) is 0 Å². The van der Waals surface area contributed by atoms with Crippen molar-refractivity contribution in [2.75, 3.05) is 56.2 Å². The van der Waals surface area contributed by atoms with Crippen molar-refractivity contribution in [2.45, 2.75) is 0 Å². The first-order valence-electron chi connectivity index (χ1n) is 5.81. The van der Waals surface area contributed by atoms with Gasteiger partial charge in [0.25, 0.3) is 0 Å². The van der Waals surface area contributed by atoms with Crippen molar-refractivity contribution in [3.05, 3.63) is 12.1 Å². The summed E-state index contributed by atoms with van der Waals surface area (Å²) in [5, 5.41) is 3.23. The number of hydrogen-bond acceptors (Lipinski definition) is 6. The molecule has 1 aliphatic heterocycles. The zero-order chi connectivity index (χ0) is 12.1. The average molecular weight is 237 g/mol. The Labute approximate surface area is 101 Å². The molecule has 5 N–H and O–H groups in total. The quantitative estimate of drug-likeness (QED) is 0.682. The van der Waals surface area contributed by atoms with Gasteiger partial charge in [-0.2, -0.15) is 0 Å². The van der Waals surface area contributed by atoms with E-state index in [-0.39, 0.29) is 0 Å². The number of nitrogens with two attached hydrogens (primary N) is 2. The van der Waals surface area contributed by atoms with E-state index in [1.54, 1.807) is 6.07 Å². The molecule has 0 amide bonds. The molecule has 1 aromatic heterocycles. The topological polar surface area (TPSA) is 89.4 Å². The molecule has 0 aromatic carbocycles. The Morgan fingerprint density at radius 2 is 2.06 bits per heavy atom. The van der Waals surface area contributed by atoms with Crippen LogP contribution in [0.4, 0.5) is 17.3 Å². The molecule has 0 bridgehead atoms. The van der Waals surface area contributed by atoms with Gasteiger partial charge in [0.15, 0.2) is 0 Å². The summed E-state index contributed by atoms with van der Waals surface area (Å²) in [5.74, 6) is 1.14. The monoisotopic (exact) mass is 237 g/mol. The first-order chi connectivity index (χ1) is 8.25. The highest BCUT2D eigenvalue weighted by Crippen LogP contribution is 2.14. The van der Waals surface area contributed by atoms with E-state index in [0.717, 1.165) is 45.2 Å². The van der Waals surface area contributed by atoms with Gasteiger partial charge in [-0.3, -0.25) is 4.90 Å². The van der Waals surface area contributed by atoms with Crippen molar-refractivity contribution in [3.63, 3.8) is 0 Å². The van der Waals surface area contributed by atoms with Gasteiger partial charge in [-0.05, 0) is 12.1 Å². The number of rotatable bonds is 4. The van der Waals surface area contributed by atoms with Crippen LogP contribution in [0, 0.1) is 0 Å². The predicted molar refractivity (Wildman–Crippen MR) is 68.8 cm³/mol. The maximum absolute atomic E-state index is 5.63. The third kappa shape index (κ3) is 3.47. The number of anilines is 3. The van der Waals surface area contributed by atoms with Crippen molar-refractivity contribution in [1.29, 1.82) is 0 Å².